The highest BCUT2D eigenvalue weighted by Crippen LogP contribution is 2.23. The summed E-state index contributed by atoms with van der Waals surface area (Å²) < 4.78 is 31.0. The molecule has 0 radical (unpaired) electrons. The monoisotopic (exact) mass is 218 g/mol. The lowest BCUT2D eigenvalue weighted by Gasteiger charge is -2.06. The van der Waals surface area contributed by atoms with Crippen LogP contribution in [0.2, 0.25) is 0 Å². The van der Waals surface area contributed by atoms with E-state index in [1.807, 2.05) is 0 Å². The predicted molar refractivity (Wildman–Crippen MR) is 51.6 cm³/mol. The summed E-state index contributed by atoms with van der Waals surface area (Å²) in [6.45, 7) is 3.41. The maximum atomic E-state index is 13.2. The van der Waals surface area contributed by atoms with Crippen LogP contribution in [0.15, 0.2) is 23.7 Å². The van der Waals surface area contributed by atoms with Gasteiger partial charge in [0, 0.05) is 17.5 Å². The van der Waals surface area contributed by atoms with E-state index in [1.165, 1.54) is 7.11 Å². The Hall–Kier alpha value is -1.09. The molecule has 0 heterocycles. The summed E-state index contributed by atoms with van der Waals surface area (Å²) in [7, 11) is 1.28. The van der Waals surface area contributed by atoms with Gasteiger partial charge in [0.15, 0.2) is 11.6 Å². The third-order valence-corrected chi connectivity index (χ3v) is 1.84. The van der Waals surface area contributed by atoms with Gasteiger partial charge in [-0.05, 0) is 11.6 Å². The van der Waals surface area contributed by atoms with Gasteiger partial charge in [0.1, 0.15) is 5.82 Å². The van der Waals surface area contributed by atoms with Crippen molar-refractivity contribution >= 4 is 11.6 Å². The van der Waals surface area contributed by atoms with Crippen LogP contribution in [0.25, 0.3) is 0 Å². The van der Waals surface area contributed by atoms with E-state index < -0.39 is 11.6 Å². The molecule has 0 atom stereocenters. The molecule has 0 aliphatic rings. The van der Waals surface area contributed by atoms with Gasteiger partial charge in [0.05, 0.1) is 7.11 Å². The molecular weight excluding hydrogens is 210 g/mol. The summed E-state index contributed by atoms with van der Waals surface area (Å²) in [5.41, 5.74) is 0.170. The molecule has 0 amide bonds. The molecule has 1 aromatic carbocycles. The third kappa shape index (κ3) is 2.45. The first-order chi connectivity index (χ1) is 6.54. The topological polar surface area (TPSA) is 9.23 Å². The zero-order valence-corrected chi connectivity index (χ0v) is 8.37. The molecule has 14 heavy (non-hydrogen) atoms. The summed E-state index contributed by atoms with van der Waals surface area (Å²) in [4.78, 5) is 0. The molecule has 0 aliphatic heterocycles. The highest BCUT2D eigenvalue weighted by atomic mass is 35.5. The number of ether oxygens (including phenoxy) is 1. The average Bonchev–Trinajstić information content (AvgIpc) is 2.10. The molecule has 0 bridgehead atoms. The molecule has 0 spiro atoms. The number of hydrogen-bond acceptors (Lipinski definition) is 1. The molecule has 1 aromatic rings. The first kappa shape index (κ1) is 11.0. The third-order valence-electron chi connectivity index (χ3n) is 1.70. The standard InChI is InChI=1S/C10H9ClF2O/c1-6(11)3-7-4-9(13)10(14-2)5-8(7)12/h4-5H,1,3H2,2H3. The number of rotatable bonds is 3. The van der Waals surface area contributed by atoms with E-state index in [1.54, 1.807) is 0 Å². The SMILES string of the molecule is C=C(Cl)Cc1cc(F)c(OC)cc1F. The lowest BCUT2D eigenvalue weighted by atomic mass is 10.1. The minimum atomic E-state index is -0.609. The van der Waals surface area contributed by atoms with Crippen LogP contribution in [-0.2, 0) is 6.42 Å². The maximum Gasteiger partial charge on any atom is 0.165 e. The molecule has 76 valence electrons. The molecule has 0 saturated carbocycles. The van der Waals surface area contributed by atoms with Gasteiger partial charge in [-0.15, -0.1) is 0 Å². The fourth-order valence-electron chi connectivity index (χ4n) is 1.07. The molecule has 1 rings (SSSR count). The van der Waals surface area contributed by atoms with Crippen LogP contribution in [-0.4, -0.2) is 7.11 Å². The lowest BCUT2D eigenvalue weighted by Crippen LogP contribution is -1.96. The second-order valence-corrected chi connectivity index (χ2v) is 3.31. The smallest absolute Gasteiger partial charge is 0.165 e. The minimum Gasteiger partial charge on any atom is -0.494 e. The number of benzene rings is 1. The molecule has 4 heteroatoms. The summed E-state index contributed by atoms with van der Waals surface area (Å²) in [5.74, 6) is -1.28. The van der Waals surface area contributed by atoms with E-state index >= 15 is 0 Å². The van der Waals surface area contributed by atoms with Crippen LogP contribution in [0.1, 0.15) is 5.56 Å². The first-order valence-electron chi connectivity index (χ1n) is 3.89. The van der Waals surface area contributed by atoms with Crippen LogP contribution in [0.3, 0.4) is 0 Å². The average molecular weight is 219 g/mol. The molecule has 0 fully saturated rings. The maximum absolute atomic E-state index is 13.2. The molecule has 1 nitrogen and oxygen atoms in total. The normalized spacial score (nSPS) is 10.0. The Morgan fingerprint density at radius 2 is 2.07 bits per heavy atom. The summed E-state index contributed by atoms with van der Waals surface area (Å²) in [6, 6.07) is 2.05. The fraction of sp³-hybridized carbons (Fsp3) is 0.200. The second-order valence-electron chi connectivity index (χ2n) is 2.77. The van der Waals surface area contributed by atoms with Crippen molar-refractivity contribution in [3.8, 4) is 5.75 Å². The molecule has 0 saturated heterocycles. The highest BCUT2D eigenvalue weighted by Gasteiger charge is 2.10. The van der Waals surface area contributed by atoms with Gasteiger partial charge in [-0.2, -0.15) is 0 Å². The Balaban J connectivity index is 3.08. The van der Waals surface area contributed by atoms with Crippen LogP contribution in [0.4, 0.5) is 8.78 Å². The second kappa shape index (κ2) is 4.42. The van der Waals surface area contributed by atoms with E-state index in [9.17, 15) is 8.78 Å². The molecular formula is C10H9ClF2O. The lowest BCUT2D eigenvalue weighted by molar-refractivity contribution is 0.382. The van der Waals surface area contributed by atoms with Crippen LogP contribution < -0.4 is 4.74 Å². The van der Waals surface area contributed by atoms with Crippen LogP contribution in [0.5, 0.6) is 5.75 Å². The van der Waals surface area contributed by atoms with Crippen molar-refractivity contribution < 1.29 is 13.5 Å². The zero-order chi connectivity index (χ0) is 10.7. The molecule has 0 aliphatic carbocycles. The van der Waals surface area contributed by atoms with Crippen molar-refractivity contribution in [3.05, 3.63) is 40.9 Å². The summed E-state index contributed by atoms with van der Waals surface area (Å²) in [5, 5.41) is 0.258. The zero-order valence-electron chi connectivity index (χ0n) is 7.61. The number of halogens is 3. The Kier molecular flexibility index (Phi) is 3.47. The molecule has 0 unspecified atom stereocenters. The van der Waals surface area contributed by atoms with Crippen molar-refractivity contribution in [2.45, 2.75) is 6.42 Å². The van der Waals surface area contributed by atoms with Gasteiger partial charge in [-0.25, -0.2) is 8.78 Å². The largest absolute Gasteiger partial charge is 0.494 e. The van der Waals surface area contributed by atoms with Crippen molar-refractivity contribution in [1.82, 2.24) is 0 Å². The number of methoxy groups -OCH3 is 1. The fourth-order valence-corrected chi connectivity index (χ4v) is 1.21. The summed E-state index contributed by atoms with van der Waals surface area (Å²) in [6.07, 6.45) is 0.105. The van der Waals surface area contributed by atoms with E-state index in [2.05, 4.69) is 11.3 Å². The molecule has 0 aromatic heterocycles. The van der Waals surface area contributed by atoms with E-state index in [-0.39, 0.29) is 22.8 Å². The van der Waals surface area contributed by atoms with Gasteiger partial charge < -0.3 is 4.74 Å². The minimum absolute atomic E-state index is 0.105. The van der Waals surface area contributed by atoms with Gasteiger partial charge in [0.2, 0.25) is 0 Å². The van der Waals surface area contributed by atoms with Crippen LogP contribution >= 0.6 is 11.6 Å². The van der Waals surface area contributed by atoms with Crippen molar-refractivity contribution in [1.29, 1.82) is 0 Å². The van der Waals surface area contributed by atoms with E-state index in [4.69, 9.17) is 11.6 Å². The molecule has 0 N–H and O–H groups in total. The van der Waals surface area contributed by atoms with Gasteiger partial charge >= 0.3 is 0 Å². The van der Waals surface area contributed by atoms with Gasteiger partial charge in [0.25, 0.3) is 0 Å². The van der Waals surface area contributed by atoms with Crippen molar-refractivity contribution in [3.63, 3.8) is 0 Å². The first-order valence-corrected chi connectivity index (χ1v) is 4.27. The Morgan fingerprint density at radius 1 is 1.43 bits per heavy atom. The number of allylic oxidation sites excluding steroid dienone is 1. The van der Waals surface area contributed by atoms with Gasteiger partial charge in [-0.3, -0.25) is 0 Å². The highest BCUT2D eigenvalue weighted by molar-refractivity contribution is 6.29. The van der Waals surface area contributed by atoms with Crippen molar-refractivity contribution in [2.24, 2.45) is 0 Å². The quantitative estimate of drug-likeness (QED) is 0.757. The van der Waals surface area contributed by atoms with E-state index in [0.29, 0.717) is 0 Å². The number of hydrogen-bond donors (Lipinski definition) is 0. The Morgan fingerprint density at radius 3 is 2.57 bits per heavy atom. The predicted octanol–water partition coefficient (Wildman–Crippen LogP) is 3.27. The van der Waals surface area contributed by atoms with Gasteiger partial charge in [-0.1, -0.05) is 18.2 Å². The Labute approximate surface area is 85.9 Å². The van der Waals surface area contributed by atoms with Crippen molar-refractivity contribution in [2.75, 3.05) is 7.11 Å². The van der Waals surface area contributed by atoms with Crippen LogP contribution in [0, 0.1) is 11.6 Å². The van der Waals surface area contributed by atoms with E-state index in [0.717, 1.165) is 12.1 Å². The Bertz CT molecular complexity index is 363. The summed E-state index contributed by atoms with van der Waals surface area (Å²) >= 11 is 5.50.